The van der Waals surface area contributed by atoms with Gasteiger partial charge < -0.3 is 4.52 Å². The Bertz CT molecular complexity index is 453. The molecule has 0 aromatic carbocycles. The van der Waals surface area contributed by atoms with E-state index in [0.29, 0.717) is 30.9 Å². The lowest BCUT2D eigenvalue weighted by Crippen LogP contribution is -2.10. The number of nitrogens with zero attached hydrogens (tertiary/aromatic N) is 2. The number of hydrogen-bond donors (Lipinski definition) is 0. The third kappa shape index (κ3) is 7.56. The van der Waals surface area contributed by atoms with Gasteiger partial charge in [0.2, 0.25) is 5.88 Å². The third-order valence-corrected chi connectivity index (χ3v) is 5.00. The number of aromatic nitrogens is 2. The molecule has 1 aromatic rings. The van der Waals surface area contributed by atoms with E-state index in [1.54, 1.807) is 6.07 Å². The van der Waals surface area contributed by atoms with Crippen LogP contribution >= 0.6 is 18.5 Å². The molecule has 0 aliphatic rings. The summed E-state index contributed by atoms with van der Waals surface area (Å²) < 4.78 is 17.1. The summed E-state index contributed by atoms with van der Waals surface area (Å²) in [4.78, 5) is 0. The van der Waals surface area contributed by atoms with Crippen LogP contribution in [0.1, 0.15) is 27.7 Å². The number of hydrogen-bond acceptors (Lipinski definition) is 7. The molecular weight excluding hydrogens is 327 g/mol. The van der Waals surface area contributed by atoms with E-state index in [2.05, 4.69) is 37.9 Å². The number of thioether (sulfide) groups is 1. The van der Waals surface area contributed by atoms with Gasteiger partial charge in [-0.25, -0.2) is 0 Å². The average molecular weight is 350 g/mol. The molecule has 0 aliphatic heterocycles. The Morgan fingerprint density at radius 3 is 2.05 bits per heavy atom. The summed E-state index contributed by atoms with van der Waals surface area (Å²) in [7, 11) is 0. The normalized spacial score (nSPS) is 12.1. The molecule has 120 valence electrons. The highest BCUT2D eigenvalue weighted by Crippen LogP contribution is 2.50. The summed E-state index contributed by atoms with van der Waals surface area (Å²) in [6, 6.07) is 3.56. The van der Waals surface area contributed by atoms with Crippen LogP contribution < -0.4 is 4.52 Å². The molecule has 21 heavy (non-hydrogen) atoms. The molecule has 0 saturated carbocycles. The molecule has 1 rings (SSSR count). The lowest BCUT2D eigenvalue weighted by Gasteiger charge is -2.23. The predicted octanol–water partition coefficient (Wildman–Crippen LogP) is 4.15. The minimum Gasteiger partial charge on any atom is -0.404 e. The molecule has 1 heterocycles. The van der Waals surface area contributed by atoms with Crippen LogP contribution in [-0.2, 0) is 20.9 Å². The highest BCUT2D eigenvalue weighted by molar-refractivity contribution is 8.07. The molecule has 0 aliphatic carbocycles. The fourth-order valence-electron chi connectivity index (χ4n) is 1.15. The Kier molecular flexibility index (Phi) is 8.13. The molecule has 5 nitrogen and oxygen atoms in total. The minimum atomic E-state index is -2.85. The van der Waals surface area contributed by atoms with Gasteiger partial charge in [0.05, 0.1) is 13.2 Å². The first-order chi connectivity index (χ1) is 9.84. The molecule has 0 radical (unpaired) electrons. The third-order valence-electron chi connectivity index (χ3n) is 2.16. The van der Waals surface area contributed by atoms with E-state index in [0.717, 1.165) is 5.03 Å². The Hall–Kier alpha value is -0.200. The smallest absolute Gasteiger partial charge is 0.381 e. The first-order valence-electron chi connectivity index (χ1n) is 6.81. The van der Waals surface area contributed by atoms with E-state index in [1.807, 2.05) is 12.3 Å². The van der Waals surface area contributed by atoms with Gasteiger partial charge in [0, 0.05) is 17.9 Å². The van der Waals surface area contributed by atoms with E-state index >= 15 is 0 Å². The van der Waals surface area contributed by atoms with E-state index in [-0.39, 0.29) is 0 Å². The summed E-state index contributed by atoms with van der Waals surface area (Å²) in [6.07, 6.45) is 1.94. The fourth-order valence-corrected chi connectivity index (χ4v) is 3.54. The van der Waals surface area contributed by atoms with E-state index in [4.69, 9.17) is 25.4 Å². The van der Waals surface area contributed by atoms with Crippen molar-refractivity contribution in [3.8, 4) is 5.88 Å². The molecule has 8 heteroatoms. The molecular formula is C13H23N2O3PS2. The van der Waals surface area contributed by atoms with Crippen LogP contribution in [0.5, 0.6) is 5.88 Å². The van der Waals surface area contributed by atoms with Crippen molar-refractivity contribution < 1.29 is 13.6 Å². The van der Waals surface area contributed by atoms with E-state index in [1.165, 1.54) is 11.8 Å². The summed E-state index contributed by atoms with van der Waals surface area (Å²) in [5.74, 6) is 1.04. The zero-order chi connectivity index (χ0) is 15.9. The topological polar surface area (TPSA) is 53.5 Å². The first-order valence-corrected chi connectivity index (χ1v) is 10.6. The van der Waals surface area contributed by atoms with E-state index < -0.39 is 6.72 Å². The van der Waals surface area contributed by atoms with Crippen molar-refractivity contribution in [2.75, 3.05) is 19.5 Å². The van der Waals surface area contributed by atoms with Crippen LogP contribution in [0, 0.1) is 11.8 Å². The standard InChI is InChI=1S/C13H23N2O3PS2/c1-10(2)8-16-19(20,17-9-11(3)4)18-12-6-7-13(21-5)15-14-12/h6-7,10-11H,8-9H2,1-5H3. The van der Waals surface area contributed by atoms with Gasteiger partial charge in [0.1, 0.15) is 5.03 Å². The van der Waals surface area contributed by atoms with E-state index in [9.17, 15) is 0 Å². The SMILES string of the molecule is CSc1ccc(OP(=S)(OCC(C)C)OCC(C)C)nn1. The number of rotatable bonds is 9. The second-order valence-corrected chi connectivity index (χ2v) is 9.09. The molecule has 0 unspecified atom stereocenters. The maximum atomic E-state index is 5.71. The van der Waals surface area contributed by atoms with Gasteiger partial charge >= 0.3 is 6.72 Å². The van der Waals surface area contributed by atoms with Crippen LogP contribution in [-0.4, -0.2) is 29.7 Å². The Morgan fingerprint density at radius 1 is 1.10 bits per heavy atom. The molecule has 0 bridgehead atoms. The van der Waals surface area contributed by atoms with Gasteiger partial charge in [-0.2, -0.15) is 0 Å². The highest BCUT2D eigenvalue weighted by Gasteiger charge is 2.24. The Balaban J connectivity index is 2.76. The van der Waals surface area contributed by atoms with Crippen LogP contribution in [0.4, 0.5) is 0 Å². The first kappa shape index (κ1) is 18.8. The highest BCUT2D eigenvalue weighted by atomic mass is 32.5. The Morgan fingerprint density at radius 2 is 1.67 bits per heavy atom. The van der Waals surface area contributed by atoms with Crippen molar-refractivity contribution in [1.82, 2.24) is 10.2 Å². The van der Waals surface area contributed by atoms with Crippen molar-refractivity contribution >= 4 is 30.3 Å². The minimum absolute atomic E-state index is 0.337. The van der Waals surface area contributed by atoms with Gasteiger partial charge in [-0.15, -0.1) is 22.0 Å². The maximum Gasteiger partial charge on any atom is 0.381 e. The van der Waals surface area contributed by atoms with Crippen molar-refractivity contribution in [2.45, 2.75) is 32.7 Å². The van der Waals surface area contributed by atoms with Gasteiger partial charge in [-0.3, -0.25) is 9.05 Å². The summed E-state index contributed by atoms with van der Waals surface area (Å²) in [5.41, 5.74) is 0. The van der Waals surface area contributed by atoms with Crippen LogP contribution in [0.15, 0.2) is 17.2 Å². The monoisotopic (exact) mass is 350 g/mol. The molecule has 0 amide bonds. The zero-order valence-electron chi connectivity index (χ0n) is 13.1. The van der Waals surface area contributed by atoms with Crippen LogP contribution in [0.2, 0.25) is 0 Å². The quantitative estimate of drug-likeness (QED) is 0.490. The lowest BCUT2D eigenvalue weighted by atomic mass is 10.2. The molecule has 0 saturated heterocycles. The van der Waals surface area contributed by atoms with Crippen LogP contribution in [0.3, 0.4) is 0 Å². The van der Waals surface area contributed by atoms with Gasteiger partial charge in [-0.1, -0.05) is 27.7 Å². The maximum absolute atomic E-state index is 5.71. The van der Waals surface area contributed by atoms with Gasteiger partial charge in [0.15, 0.2) is 0 Å². The molecule has 0 N–H and O–H groups in total. The zero-order valence-corrected chi connectivity index (χ0v) is 15.6. The summed E-state index contributed by atoms with van der Waals surface area (Å²) in [5, 5.41) is 8.84. The fraction of sp³-hybridized carbons (Fsp3) is 0.692. The van der Waals surface area contributed by atoms with Crippen molar-refractivity contribution in [1.29, 1.82) is 0 Å². The summed E-state index contributed by atoms with van der Waals surface area (Å²) in [6.45, 7) is 6.34. The largest absolute Gasteiger partial charge is 0.404 e. The molecule has 0 spiro atoms. The molecule has 1 aromatic heterocycles. The van der Waals surface area contributed by atoms with Gasteiger partial charge in [0.25, 0.3) is 0 Å². The second kappa shape index (κ2) is 9.06. The molecule has 0 atom stereocenters. The lowest BCUT2D eigenvalue weighted by molar-refractivity contribution is 0.169. The van der Waals surface area contributed by atoms with Crippen molar-refractivity contribution in [3.05, 3.63) is 12.1 Å². The predicted molar refractivity (Wildman–Crippen MR) is 90.3 cm³/mol. The van der Waals surface area contributed by atoms with Crippen molar-refractivity contribution in [3.63, 3.8) is 0 Å². The average Bonchev–Trinajstić information content (AvgIpc) is 2.44. The molecule has 0 fully saturated rings. The van der Waals surface area contributed by atoms with Crippen molar-refractivity contribution in [2.24, 2.45) is 11.8 Å². The second-order valence-electron chi connectivity index (χ2n) is 5.33. The van der Waals surface area contributed by atoms with Crippen LogP contribution in [0.25, 0.3) is 0 Å². The Labute approximate surface area is 136 Å². The van der Waals surface area contributed by atoms with Gasteiger partial charge in [-0.05, 0) is 24.2 Å². The summed E-state index contributed by atoms with van der Waals surface area (Å²) >= 11 is 6.97.